The van der Waals surface area contributed by atoms with Gasteiger partial charge >= 0.3 is 6.18 Å². The van der Waals surface area contributed by atoms with Crippen LogP contribution in [0.5, 0.6) is 0 Å². The van der Waals surface area contributed by atoms with Crippen LogP contribution in [0.1, 0.15) is 6.42 Å². The van der Waals surface area contributed by atoms with Gasteiger partial charge in [0.15, 0.2) is 0 Å². The predicted molar refractivity (Wildman–Crippen MR) is 40.3 cm³/mol. The van der Waals surface area contributed by atoms with Gasteiger partial charge in [-0.2, -0.15) is 13.2 Å². The fourth-order valence-electron chi connectivity index (χ4n) is 1.17. The van der Waals surface area contributed by atoms with Crippen molar-refractivity contribution in [3.63, 3.8) is 0 Å². The zero-order valence-electron chi connectivity index (χ0n) is 6.27. The number of piperidine rings is 1. The van der Waals surface area contributed by atoms with Gasteiger partial charge in [-0.3, -0.25) is 0 Å². The molecule has 1 aliphatic rings. The number of alkyl halides is 3. The molecule has 1 saturated heterocycles. The summed E-state index contributed by atoms with van der Waals surface area (Å²) in [4.78, 5) is 0. The van der Waals surface area contributed by atoms with E-state index >= 15 is 0 Å². The van der Waals surface area contributed by atoms with Gasteiger partial charge in [0.05, 0.1) is 12.0 Å². The SMILES string of the molecule is Cl.O[C@H]1CNC[C@@H](C(F)(F)F)C1. The van der Waals surface area contributed by atoms with Crippen LogP contribution in [0.2, 0.25) is 0 Å². The Morgan fingerprint density at radius 2 is 1.83 bits per heavy atom. The lowest BCUT2D eigenvalue weighted by atomic mass is 9.97. The van der Waals surface area contributed by atoms with Crippen molar-refractivity contribution in [3.05, 3.63) is 0 Å². The summed E-state index contributed by atoms with van der Waals surface area (Å²) < 4.78 is 35.9. The minimum Gasteiger partial charge on any atom is -0.392 e. The van der Waals surface area contributed by atoms with Crippen molar-refractivity contribution < 1.29 is 18.3 Å². The molecule has 1 fully saturated rings. The average molecular weight is 206 g/mol. The normalized spacial score (nSPS) is 31.0. The van der Waals surface area contributed by atoms with E-state index in [4.69, 9.17) is 5.11 Å². The molecule has 6 heteroatoms. The molecule has 2 atom stereocenters. The highest BCUT2D eigenvalue weighted by atomic mass is 35.5. The monoisotopic (exact) mass is 205 g/mol. The van der Waals surface area contributed by atoms with Gasteiger partial charge in [0, 0.05) is 13.1 Å². The maximum atomic E-state index is 12.0. The highest BCUT2D eigenvalue weighted by Gasteiger charge is 2.41. The van der Waals surface area contributed by atoms with E-state index in [0.29, 0.717) is 0 Å². The van der Waals surface area contributed by atoms with Crippen LogP contribution < -0.4 is 5.32 Å². The Balaban J connectivity index is 0.00000121. The number of aliphatic hydroxyl groups is 1. The molecule has 2 N–H and O–H groups in total. The minimum atomic E-state index is -4.17. The van der Waals surface area contributed by atoms with E-state index in [1.54, 1.807) is 0 Å². The largest absolute Gasteiger partial charge is 0.393 e. The van der Waals surface area contributed by atoms with Gasteiger partial charge in [0.25, 0.3) is 0 Å². The molecule has 1 rings (SSSR count). The molecule has 1 aliphatic heterocycles. The van der Waals surface area contributed by atoms with Crippen molar-refractivity contribution in [2.45, 2.75) is 18.7 Å². The maximum absolute atomic E-state index is 12.0. The molecule has 0 bridgehead atoms. The number of nitrogens with one attached hydrogen (secondary N) is 1. The van der Waals surface area contributed by atoms with Crippen LogP contribution in [-0.4, -0.2) is 30.5 Å². The van der Waals surface area contributed by atoms with Gasteiger partial charge in [0.2, 0.25) is 0 Å². The second kappa shape index (κ2) is 4.30. The highest BCUT2D eigenvalue weighted by Crippen LogP contribution is 2.30. The average Bonchev–Trinajstić information content (AvgIpc) is 1.86. The van der Waals surface area contributed by atoms with E-state index in [9.17, 15) is 13.2 Å². The number of aliphatic hydroxyl groups excluding tert-OH is 1. The molecule has 0 aromatic heterocycles. The molecule has 0 radical (unpaired) electrons. The van der Waals surface area contributed by atoms with E-state index in [1.807, 2.05) is 0 Å². The van der Waals surface area contributed by atoms with Crippen molar-refractivity contribution >= 4 is 12.4 Å². The van der Waals surface area contributed by atoms with Crippen molar-refractivity contribution in [2.75, 3.05) is 13.1 Å². The van der Waals surface area contributed by atoms with E-state index < -0.39 is 18.2 Å². The zero-order valence-corrected chi connectivity index (χ0v) is 7.08. The number of hydrogen-bond donors (Lipinski definition) is 2. The van der Waals surface area contributed by atoms with Crippen LogP contribution in [0, 0.1) is 5.92 Å². The molecule has 0 aromatic rings. The lowest BCUT2D eigenvalue weighted by molar-refractivity contribution is -0.185. The lowest BCUT2D eigenvalue weighted by Crippen LogP contribution is -2.45. The number of hydrogen-bond acceptors (Lipinski definition) is 2. The summed E-state index contributed by atoms with van der Waals surface area (Å²) in [5.74, 6) is -1.38. The third-order valence-electron chi connectivity index (χ3n) is 1.79. The number of β-amino-alcohol motifs (C(OH)–C–C–N with tert-alkyl or cyclic N) is 1. The molecule has 0 aliphatic carbocycles. The summed E-state index contributed by atoms with van der Waals surface area (Å²) in [7, 11) is 0. The third kappa shape index (κ3) is 3.16. The molecule has 1 heterocycles. The number of rotatable bonds is 0. The molecular weight excluding hydrogens is 195 g/mol. The second-order valence-corrected chi connectivity index (χ2v) is 2.79. The fourth-order valence-corrected chi connectivity index (χ4v) is 1.17. The van der Waals surface area contributed by atoms with Gasteiger partial charge < -0.3 is 10.4 Å². The van der Waals surface area contributed by atoms with Crippen molar-refractivity contribution in [3.8, 4) is 0 Å². The zero-order chi connectivity index (χ0) is 8.48. The van der Waals surface area contributed by atoms with Gasteiger partial charge in [-0.05, 0) is 6.42 Å². The quantitative estimate of drug-likeness (QED) is 0.617. The van der Waals surface area contributed by atoms with Crippen LogP contribution in [0.25, 0.3) is 0 Å². The summed E-state index contributed by atoms with van der Waals surface area (Å²) in [5, 5.41) is 11.4. The van der Waals surface area contributed by atoms with Crippen molar-refractivity contribution in [1.82, 2.24) is 5.32 Å². The second-order valence-electron chi connectivity index (χ2n) is 2.79. The Labute approximate surface area is 74.6 Å². The van der Waals surface area contributed by atoms with Crippen LogP contribution in [0.15, 0.2) is 0 Å². The first kappa shape index (κ1) is 12.0. The van der Waals surface area contributed by atoms with E-state index in [1.165, 1.54) is 0 Å². The summed E-state index contributed by atoms with van der Waals surface area (Å²) in [5.41, 5.74) is 0. The molecule has 0 saturated carbocycles. The van der Waals surface area contributed by atoms with Gasteiger partial charge in [-0.15, -0.1) is 12.4 Å². The smallest absolute Gasteiger partial charge is 0.392 e. The topological polar surface area (TPSA) is 32.3 Å². The molecule has 0 amide bonds. The van der Waals surface area contributed by atoms with Crippen molar-refractivity contribution in [2.24, 2.45) is 5.92 Å². The van der Waals surface area contributed by atoms with Crippen LogP contribution in [-0.2, 0) is 0 Å². The Bertz CT molecular complexity index is 141. The van der Waals surface area contributed by atoms with E-state index in [0.717, 1.165) is 0 Å². The first-order valence-electron chi connectivity index (χ1n) is 3.45. The molecule has 0 spiro atoms. The summed E-state index contributed by atoms with van der Waals surface area (Å²) >= 11 is 0. The highest BCUT2D eigenvalue weighted by molar-refractivity contribution is 5.85. The first-order valence-corrected chi connectivity index (χ1v) is 3.45. The number of halogens is 4. The Kier molecular flexibility index (Phi) is 4.30. The molecule has 0 unspecified atom stereocenters. The van der Waals surface area contributed by atoms with Gasteiger partial charge in [-0.1, -0.05) is 0 Å². The molecular formula is C6H11ClF3NO. The Morgan fingerprint density at radius 3 is 2.17 bits per heavy atom. The van der Waals surface area contributed by atoms with Gasteiger partial charge in [0.1, 0.15) is 0 Å². The van der Waals surface area contributed by atoms with Crippen LogP contribution in [0.4, 0.5) is 13.2 Å². The predicted octanol–water partition coefficient (Wildman–Crippen LogP) is 0.941. The summed E-state index contributed by atoms with van der Waals surface area (Å²) in [6.45, 7) is 0.202. The standard InChI is InChI=1S/C6H10F3NO.ClH/c7-6(8,9)4-1-5(11)3-10-2-4;/h4-5,10-11H,1-3H2;1H/t4-,5+;/m0./s1. The Hall–Kier alpha value is -0.0000000000000000555. The van der Waals surface area contributed by atoms with E-state index in [-0.39, 0.29) is 31.9 Å². The van der Waals surface area contributed by atoms with Crippen molar-refractivity contribution in [1.29, 1.82) is 0 Å². The molecule has 2 nitrogen and oxygen atoms in total. The van der Waals surface area contributed by atoms with Crippen LogP contribution >= 0.6 is 12.4 Å². The summed E-state index contributed by atoms with van der Waals surface area (Å²) in [6, 6.07) is 0. The first-order chi connectivity index (χ1) is 5.00. The lowest BCUT2D eigenvalue weighted by Gasteiger charge is -2.28. The molecule has 12 heavy (non-hydrogen) atoms. The summed E-state index contributed by atoms with van der Waals surface area (Å²) in [6.07, 6.45) is -5.19. The molecule has 74 valence electrons. The third-order valence-corrected chi connectivity index (χ3v) is 1.79. The van der Waals surface area contributed by atoms with Crippen LogP contribution in [0.3, 0.4) is 0 Å². The molecule has 0 aromatic carbocycles. The minimum absolute atomic E-state index is 0. The van der Waals surface area contributed by atoms with Gasteiger partial charge in [-0.25, -0.2) is 0 Å². The maximum Gasteiger partial charge on any atom is 0.393 e. The fraction of sp³-hybridized carbons (Fsp3) is 1.00. The Morgan fingerprint density at radius 1 is 1.25 bits per heavy atom. The van der Waals surface area contributed by atoms with E-state index in [2.05, 4.69) is 5.32 Å².